The maximum atomic E-state index is 12.7. The van der Waals surface area contributed by atoms with Gasteiger partial charge in [-0.1, -0.05) is 0 Å². The highest BCUT2D eigenvalue weighted by Crippen LogP contribution is 2.35. The van der Waals surface area contributed by atoms with E-state index in [4.69, 9.17) is 0 Å². The molecule has 1 aromatic heterocycles. The molecule has 1 saturated carbocycles. The Morgan fingerprint density at radius 1 is 1.28 bits per heavy atom. The number of amides is 3. The summed E-state index contributed by atoms with van der Waals surface area (Å²) in [4.78, 5) is 28.4. The summed E-state index contributed by atoms with van der Waals surface area (Å²) in [5.41, 5.74) is -0.811. The second kappa shape index (κ2) is 6.05. The fourth-order valence-corrected chi connectivity index (χ4v) is 4.07. The van der Waals surface area contributed by atoms with E-state index in [1.54, 1.807) is 0 Å². The molecule has 0 bridgehead atoms. The van der Waals surface area contributed by atoms with Gasteiger partial charge in [0, 0.05) is 19.0 Å². The van der Waals surface area contributed by atoms with Crippen LogP contribution >= 0.6 is 0 Å². The van der Waals surface area contributed by atoms with Gasteiger partial charge in [0.05, 0.1) is 12.6 Å². The van der Waals surface area contributed by atoms with Crippen molar-refractivity contribution in [3.05, 3.63) is 5.82 Å². The van der Waals surface area contributed by atoms with Crippen molar-refractivity contribution in [2.24, 2.45) is 5.92 Å². The molecular formula is C16H25N7O2. The average Bonchev–Trinajstić information content (AvgIpc) is 3.29. The molecule has 3 fully saturated rings. The average molecular weight is 347 g/mol. The first-order valence-electron chi connectivity index (χ1n) is 9.16. The first-order chi connectivity index (χ1) is 12.0. The van der Waals surface area contributed by atoms with Gasteiger partial charge < -0.3 is 5.32 Å². The SMILES string of the molecule is CCN1C(=O)N[C@@](C)([C@H]2CCCN(Cc3nnnn3C3CC3)C2)C1=O. The number of likely N-dealkylation sites (N-methyl/N-ethyl adjacent to an activating group) is 1. The Balaban J connectivity index is 1.46. The van der Waals surface area contributed by atoms with Crippen LogP contribution in [-0.2, 0) is 11.3 Å². The van der Waals surface area contributed by atoms with Crippen molar-refractivity contribution in [3.63, 3.8) is 0 Å². The highest BCUT2D eigenvalue weighted by Gasteiger charge is 2.52. The lowest BCUT2D eigenvalue weighted by Gasteiger charge is -2.39. The summed E-state index contributed by atoms with van der Waals surface area (Å²) in [5.74, 6) is 0.888. The van der Waals surface area contributed by atoms with Crippen LogP contribution in [0.4, 0.5) is 4.79 Å². The zero-order valence-electron chi connectivity index (χ0n) is 14.8. The van der Waals surface area contributed by atoms with Gasteiger partial charge in [-0.05, 0) is 56.5 Å². The van der Waals surface area contributed by atoms with Gasteiger partial charge >= 0.3 is 6.03 Å². The third-order valence-electron chi connectivity index (χ3n) is 5.76. The van der Waals surface area contributed by atoms with Crippen molar-refractivity contribution in [2.75, 3.05) is 19.6 Å². The summed E-state index contributed by atoms with van der Waals surface area (Å²) in [7, 11) is 0. The second-order valence-corrected chi connectivity index (χ2v) is 7.53. The maximum Gasteiger partial charge on any atom is 0.325 e. The van der Waals surface area contributed by atoms with Crippen LogP contribution in [0.25, 0.3) is 0 Å². The molecule has 9 heteroatoms. The van der Waals surface area contributed by atoms with Gasteiger partial charge in [-0.25, -0.2) is 9.48 Å². The predicted molar refractivity (Wildman–Crippen MR) is 88.4 cm³/mol. The number of tetrazole rings is 1. The monoisotopic (exact) mass is 347 g/mol. The van der Waals surface area contributed by atoms with Crippen LogP contribution in [0, 0.1) is 5.92 Å². The van der Waals surface area contributed by atoms with E-state index in [1.165, 1.54) is 4.90 Å². The molecule has 3 heterocycles. The maximum absolute atomic E-state index is 12.7. The predicted octanol–water partition coefficient (Wildman–Crippen LogP) is 0.550. The molecule has 2 saturated heterocycles. The van der Waals surface area contributed by atoms with Gasteiger partial charge in [0.25, 0.3) is 5.91 Å². The van der Waals surface area contributed by atoms with E-state index < -0.39 is 5.54 Å². The van der Waals surface area contributed by atoms with Crippen LogP contribution in [0.2, 0.25) is 0 Å². The van der Waals surface area contributed by atoms with Crippen LogP contribution in [-0.4, -0.2) is 67.1 Å². The van der Waals surface area contributed by atoms with E-state index in [0.29, 0.717) is 19.1 Å². The molecule has 0 radical (unpaired) electrons. The zero-order valence-corrected chi connectivity index (χ0v) is 14.8. The van der Waals surface area contributed by atoms with Crippen LogP contribution in [0.1, 0.15) is 51.4 Å². The molecular weight excluding hydrogens is 322 g/mol. The van der Waals surface area contributed by atoms with E-state index in [1.807, 2.05) is 18.5 Å². The molecule has 1 aliphatic carbocycles. The zero-order chi connectivity index (χ0) is 17.6. The van der Waals surface area contributed by atoms with E-state index in [9.17, 15) is 9.59 Å². The Bertz CT molecular complexity index is 686. The molecule has 25 heavy (non-hydrogen) atoms. The molecule has 4 rings (SSSR count). The third-order valence-corrected chi connectivity index (χ3v) is 5.76. The van der Waals surface area contributed by atoms with Crippen LogP contribution in [0.5, 0.6) is 0 Å². The molecule has 3 aliphatic rings. The summed E-state index contributed by atoms with van der Waals surface area (Å²) < 4.78 is 1.94. The number of nitrogens with one attached hydrogen (secondary N) is 1. The van der Waals surface area contributed by atoms with Crippen LogP contribution in [0.3, 0.4) is 0 Å². The van der Waals surface area contributed by atoms with E-state index >= 15 is 0 Å². The Hall–Kier alpha value is -2.03. The number of urea groups is 1. The number of piperidine rings is 1. The topological polar surface area (TPSA) is 96.2 Å². The lowest BCUT2D eigenvalue weighted by Crippen LogP contribution is -2.55. The minimum Gasteiger partial charge on any atom is -0.323 e. The van der Waals surface area contributed by atoms with Gasteiger partial charge in [-0.2, -0.15) is 0 Å². The standard InChI is InChI=1S/C16H25N7O2/c1-3-22-14(24)16(2,17-15(22)25)11-5-4-8-21(9-11)10-13-18-19-20-23(13)12-6-7-12/h11-12H,3-10H2,1-2H3,(H,17,25)/t11-,16-/m0/s1. The summed E-state index contributed by atoms with van der Waals surface area (Å²) in [6.45, 7) is 6.52. The summed E-state index contributed by atoms with van der Waals surface area (Å²) in [6.07, 6.45) is 4.23. The van der Waals surface area contributed by atoms with E-state index in [0.717, 1.165) is 44.6 Å². The molecule has 0 spiro atoms. The third kappa shape index (κ3) is 2.80. The number of carbonyl (C=O) groups excluding carboxylic acids is 2. The molecule has 136 valence electrons. The van der Waals surface area contributed by atoms with Gasteiger partial charge in [-0.15, -0.1) is 5.10 Å². The Kier molecular flexibility index (Phi) is 3.98. The molecule has 0 unspecified atom stereocenters. The Labute approximate surface area is 146 Å². The summed E-state index contributed by atoms with van der Waals surface area (Å²) in [6, 6.07) is 0.182. The summed E-state index contributed by atoms with van der Waals surface area (Å²) >= 11 is 0. The van der Waals surface area contributed by atoms with E-state index in [2.05, 4.69) is 25.7 Å². The number of nitrogens with zero attached hydrogens (tertiary/aromatic N) is 6. The van der Waals surface area contributed by atoms with Crippen molar-refractivity contribution < 1.29 is 9.59 Å². The first kappa shape index (κ1) is 16.4. The minimum atomic E-state index is -0.811. The molecule has 1 aromatic rings. The minimum absolute atomic E-state index is 0.0968. The highest BCUT2D eigenvalue weighted by molar-refractivity contribution is 6.07. The summed E-state index contributed by atoms with van der Waals surface area (Å²) in [5, 5.41) is 15.0. The number of carbonyl (C=O) groups is 2. The van der Waals surface area contributed by atoms with Gasteiger partial charge in [0.1, 0.15) is 5.54 Å². The van der Waals surface area contributed by atoms with Gasteiger partial charge in [0.2, 0.25) is 0 Å². The quantitative estimate of drug-likeness (QED) is 0.782. The van der Waals surface area contributed by atoms with Crippen molar-refractivity contribution >= 4 is 11.9 Å². The first-order valence-corrected chi connectivity index (χ1v) is 9.16. The van der Waals surface area contributed by atoms with Gasteiger partial charge in [-0.3, -0.25) is 14.6 Å². The number of likely N-dealkylation sites (tertiary alicyclic amines) is 1. The number of aromatic nitrogens is 4. The fraction of sp³-hybridized carbons (Fsp3) is 0.812. The van der Waals surface area contributed by atoms with Crippen molar-refractivity contribution in [3.8, 4) is 0 Å². The van der Waals surface area contributed by atoms with Crippen molar-refractivity contribution in [1.29, 1.82) is 0 Å². The Morgan fingerprint density at radius 3 is 2.76 bits per heavy atom. The van der Waals surface area contributed by atoms with Crippen molar-refractivity contribution in [1.82, 2.24) is 35.3 Å². The Morgan fingerprint density at radius 2 is 2.08 bits per heavy atom. The number of rotatable bonds is 5. The number of imide groups is 1. The smallest absolute Gasteiger partial charge is 0.323 e. The lowest BCUT2D eigenvalue weighted by atomic mass is 9.80. The molecule has 9 nitrogen and oxygen atoms in total. The molecule has 1 N–H and O–H groups in total. The fourth-order valence-electron chi connectivity index (χ4n) is 4.07. The largest absolute Gasteiger partial charge is 0.325 e. The number of hydrogen-bond donors (Lipinski definition) is 1. The van der Waals surface area contributed by atoms with Gasteiger partial charge in [0.15, 0.2) is 5.82 Å². The normalized spacial score (nSPS) is 30.8. The highest BCUT2D eigenvalue weighted by atomic mass is 16.2. The molecule has 2 atom stereocenters. The second-order valence-electron chi connectivity index (χ2n) is 7.53. The molecule has 2 aliphatic heterocycles. The van der Waals surface area contributed by atoms with Crippen LogP contribution in [0.15, 0.2) is 0 Å². The molecule has 3 amide bonds. The van der Waals surface area contributed by atoms with E-state index in [-0.39, 0.29) is 17.9 Å². The van der Waals surface area contributed by atoms with Crippen molar-refractivity contribution in [2.45, 2.75) is 57.7 Å². The number of hydrogen-bond acceptors (Lipinski definition) is 6. The van der Waals surface area contributed by atoms with Crippen LogP contribution < -0.4 is 5.32 Å². The lowest BCUT2D eigenvalue weighted by molar-refractivity contribution is -0.133. The molecule has 0 aromatic carbocycles.